The molecule has 0 saturated heterocycles. The Morgan fingerprint density at radius 1 is 1.31 bits per heavy atom. The number of alkyl halides is 3. The van der Waals surface area contributed by atoms with E-state index in [0.717, 1.165) is 18.2 Å². The van der Waals surface area contributed by atoms with Gasteiger partial charge < -0.3 is 9.84 Å². The maximum atomic E-state index is 14.3. The fraction of sp³-hybridized carbons (Fsp3) is 0.125. The normalized spacial score (nSPS) is 11.7. The number of hydrogen-bond donors (Lipinski definition) is 1. The van der Waals surface area contributed by atoms with E-state index < -0.39 is 29.5 Å². The number of benzene rings is 2. The van der Waals surface area contributed by atoms with E-state index in [-0.39, 0.29) is 16.6 Å². The fourth-order valence-electron chi connectivity index (χ4n) is 2.50. The van der Waals surface area contributed by atoms with Crippen molar-refractivity contribution in [1.29, 1.82) is 0 Å². The number of carboxylic acid groups (broad SMARTS) is 1. The van der Waals surface area contributed by atoms with Gasteiger partial charge in [-0.3, -0.25) is 4.68 Å². The van der Waals surface area contributed by atoms with Crippen LogP contribution in [0.15, 0.2) is 41.0 Å². The molecule has 1 N–H and O–H groups in total. The van der Waals surface area contributed by atoms with E-state index in [9.17, 15) is 22.4 Å². The predicted molar refractivity (Wildman–Crippen MR) is 86.6 cm³/mol. The third kappa shape index (κ3) is 3.64. The summed E-state index contributed by atoms with van der Waals surface area (Å²) in [6.07, 6.45) is -3.52. The molecule has 3 rings (SSSR count). The minimum atomic E-state index is -4.83. The van der Waals surface area contributed by atoms with E-state index in [2.05, 4.69) is 25.8 Å². The van der Waals surface area contributed by atoms with E-state index in [0.29, 0.717) is 10.9 Å². The summed E-state index contributed by atoms with van der Waals surface area (Å²) in [6.45, 7) is -0.103. The number of aromatic nitrogens is 2. The molecule has 0 aliphatic rings. The summed E-state index contributed by atoms with van der Waals surface area (Å²) >= 11 is 3.16. The molecule has 0 radical (unpaired) electrons. The minimum Gasteiger partial charge on any atom is -0.478 e. The Kier molecular flexibility index (Phi) is 4.61. The Morgan fingerprint density at radius 3 is 2.69 bits per heavy atom. The van der Waals surface area contributed by atoms with Crippen LogP contribution in [0.4, 0.5) is 17.6 Å². The number of fused-ring (bicyclic) bond motifs is 1. The van der Waals surface area contributed by atoms with Crippen molar-refractivity contribution in [2.75, 3.05) is 0 Å². The van der Waals surface area contributed by atoms with E-state index >= 15 is 0 Å². The van der Waals surface area contributed by atoms with Gasteiger partial charge in [-0.25, -0.2) is 9.18 Å². The van der Waals surface area contributed by atoms with Gasteiger partial charge in [0.15, 0.2) is 0 Å². The van der Waals surface area contributed by atoms with Crippen molar-refractivity contribution in [3.05, 3.63) is 57.9 Å². The number of aromatic carboxylic acids is 1. The van der Waals surface area contributed by atoms with Crippen LogP contribution in [-0.4, -0.2) is 27.2 Å². The lowest BCUT2D eigenvalue weighted by Crippen LogP contribution is -2.17. The fourth-order valence-corrected chi connectivity index (χ4v) is 3.15. The lowest BCUT2D eigenvalue weighted by Gasteiger charge is -2.11. The molecular formula is C16H9BrF4N2O3. The van der Waals surface area contributed by atoms with E-state index in [1.807, 2.05) is 0 Å². The molecule has 0 spiro atoms. The molecule has 136 valence electrons. The molecule has 0 bridgehead atoms. The first-order valence-corrected chi connectivity index (χ1v) is 7.86. The summed E-state index contributed by atoms with van der Waals surface area (Å²) in [4.78, 5) is 11.0. The maximum absolute atomic E-state index is 14.3. The van der Waals surface area contributed by atoms with Gasteiger partial charge in [-0.05, 0) is 34.1 Å². The summed E-state index contributed by atoms with van der Waals surface area (Å²) in [7, 11) is 0. The number of carbonyl (C=O) groups is 1. The van der Waals surface area contributed by atoms with E-state index in [1.54, 1.807) is 0 Å². The van der Waals surface area contributed by atoms with Gasteiger partial charge in [0, 0.05) is 15.4 Å². The molecule has 0 aliphatic carbocycles. The zero-order valence-corrected chi connectivity index (χ0v) is 14.3. The lowest BCUT2D eigenvalue weighted by molar-refractivity contribution is -0.274. The van der Waals surface area contributed by atoms with Crippen molar-refractivity contribution in [2.45, 2.75) is 12.9 Å². The largest absolute Gasteiger partial charge is 0.573 e. The highest BCUT2D eigenvalue weighted by atomic mass is 79.9. The van der Waals surface area contributed by atoms with Gasteiger partial charge in [-0.2, -0.15) is 5.10 Å². The number of hydrogen-bond acceptors (Lipinski definition) is 3. The number of ether oxygens (including phenoxy) is 1. The average Bonchev–Trinajstić information content (AvgIpc) is 2.90. The summed E-state index contributed by atoms with van der Waals surface area (Å²) in [5.74, 6) is -2.71. The van der Waals surface area contributed by atoms with Crippen LogP contribution in [-0.2, 0) is 6.54 Å². The van der Waals surface area contributed by atoms with Crippen LogP contribution in [0.5, 0.6) is 5.75 Å². The van der Waals surface area contributed by atoms with Crippen LogP contribution in [0.25, 0.3) is 10.9 Å². The second-order valence-corrected chi connectivity index (χ2v) is 6.13. The van der Waals surface area contributed by atoms with Gasteiger partial charge >= 0.3 is 12.3 Å². The molecule has 0 unspecified atom stereocenters. The molecule has 0 saturated carbocycles. The smallest absolute Gasteiger partial charge is 0.478 e. The van der Waals surface area contributed by atoms with Gasteiger partial charge in [0.25, 0.3) is 0 Å². The van der Waals surface area contributed by atoms with Crippen molar-refractivity contribution in [1.82, 2.24) is 9.78 Å². The molecule has 1 aromatic heterocycles. The lowest BCUT2D eigenvalue weighted by atomic mass is 10.1. The monoisotopic (exact) mass is 432 g/mol. The number of rotatable bonds is 4. The molecule has 0 fully saturated rings. The van der Waals surface area contributed by atoms with E-state index in [1.165, 1.54) is 23.0 Å². The summed E-state index contributed by atoms with van der Waals surface area (Å²) < 4.78 is 56.9. The summed E-state index contributed by atoms with van der Waals surface area (Å²) in [6, 6.07) is 6.22. The second-order valence-electron chi connectivity index (χ2n) is 5.28. The van der Waals surface area contributed by atoms with Gasteiger partial charge in [-0.15, -0.1) is 13.2 Å². The third-order valence-corrected chi connectivity index (χ3v) is 4.13. The van der Waals surface area contributed by atoms with Crippen molar-refractivity contribution >= 4 is 32.8 Å². The Morgan fingerprint density at radius 2 is 2.04 bits per heavy atom. The molecule has 1 heterocycles. The SMILES string of the molecule is O=C(O)c1cccc(Cn2ncc3cc(OC(F)(F)F)cc(Br)c32)c1F. The molecule has 2 aromatic carbocycles. The van der Waals surface area contributed by atoms with Gasteiger partial charge in [0.2, 0.25) is 0 Å². The summed E-state index contributed by atoms with van der Waals surface area (Å²) in [5, 5.41) is 13.4. The standard InChI is InChI=1S/C16H9BrF4N2O3/c17-12-5-10(26-16(19,20)21)4-9-6-22-23(14(9)12)7-8-2-1-3-11(13(8)18)15(24)25/h1-6H,7H2,(H,24,25). The van der Waals surface area contributed by atoms with Crippen molar-refractivity contribution in [2.24, 2.45) is 0 Å². The first kappa shape index (κ1) is 18.2. The third-order valence-electron chi connectivity index (χ3n) is 3.52. The molecule has 10 heteroatoms. The zero-order valence-electron chi connectivity index (χ0n) is 12.7. The molecule has 0 aliphatic heterocycles. The molecule has 0 atom stereocenters. The number of carboxylic acids is 1. The van der Waals surface area contributed by atoms with Crippen LogP contribution in [0.1, 0.15) is 15.9 Å². The van der Waals surface area contributed by atoms with Crippen LogP contribution in [0, 0.1) is 5.82 Å². The van der Waals surface area contributed by atoms with Crippen LogP contribution in [0.2, 0.25) is 0 Å². The zero-order chi connectivity index (χ0) is 19.1. The van der Waals surface area contributed by atoms with Crippen LogP contribution in [0.3, 0.4) is 0 Å². The van der Waals surface area contributed by atoms with Gasteiger partial charge in [-0.1, -0.05) is 12.1 Å². The Hall–Kier alpha value is -2.62. The molecular weight excluding hydrogens is 424 g/mol. The maximum Gasteiger partial charge on any atom is 0.573 e. The number of halogens is 5. The minimum absolute atomic E-state index is 0.0809. The highest BCUT2D eigenvalue weighted by Gasteiger charge is 2.31. The second kappa shape index (κ2) is 6.60. The summed E-state index contributed by atoms with van der Waals surface area (Å²) in [5.41, 5.74) is 0.0240. The quantitative estimate of drug-likeness (QED) is 0.612. The van der Waals surface area contributed by atoms with Gasteiger partial charge in [0.05, 0.1) is 23.8 Å². The van der Waals surface area contributed by atoms with Crippen LogP contribution >= 0.6 is 15.9 Å². The van der Waals surface area contributed by atoms with Crippen molar-refractivity contribution in [3.8, 4) is 5.75 Å². The predicted octanol–water partition coefficient (Wildman–Crippen LogP) is 4.58. The average molecular weight is 433 g/mol. The first-order chi connectivity index (χ1) is 12.2. The van der Waals surface area contributed by atoms with E-state index in [4.69, 9.17) is 5.11 Å². The number of nitrogens with zero attached hydrogens (tertiary/aromatic N) is 2. The van der Waals surface area contributed by atoms with Crippen molar-refractivity contribution in [3.63, 3.8) is 0 Å². The van der Waals surface area contributed by atoms with Crippen molar-refractivity contribution < 1.29 is 32.2 Å². The Balaban J connectivity index is 2.00. The molecule has 0 amide bonds. The molecule has 3 aromatic rings. The highest BCUT2D eigenvalue weighted by molar-refractivity contribution is 9.10. The highest BCUT2D eigenvalue weighted by Crippen LogP contribution is 2.32. The Bertz CT molecular complexity index is 1000. The topological polar surface area (TPSA) is 64.3 Å². The molecule has 26 heavy (non-hydrogen) atoms. The first-order valence-electron chi connectivity index (χ1n) is 7.07. The van der Waals surface area contributed by atoms with Crippen LogP contribution < -0.4 is 4.74 Å². The molecule has 5 nitrogen and oxygen atoms in total. The van der Waals surface area contributed by atoms with Gasteiger partial charge in [0.1, 0.15) is 11.6 Å². The Labute approximate surface area is 151 Å².